The van der Waals surface area contributed by atoms with Crippen molar-refractivity contribution in [2.24, 2.45) is 0 Å². The monoisotopic (exact) mass is 390 g/mol. The average molecular weight is 390 g/mol. The van der Waals surface area contributed by atoms with Crippen molar-refractivity contribution in [1.29, 1.82) is 0 Å². The van der Waals surface area contributed by atoms with Crippen molar-refractivity contribution in [3.05, 3.63) is 45.6 Å². The molecule has 10 heteroatoms. The van der Waals surface area contributed by atoms with Crippen LogP contribution < -0.4 is 5.56 Å². The molecule has 3 aromatic rings. The summed E-state index contributed by atoms with van der Waals surface area (Å²) >= 11 is 0. The van der Waals surface area contributed by atoms with Crippen LogP contribution in [0.4, 0.5) is 0 Å². The highest BCUT2D eigenvalue weighted by Crippen LogP contribution is 2.37. The number of epoxide rings is 1. The molecule has 0 spiro atoms. The Labute approximate surface area is 154 Å². The molecule has 0 aliphatic carbocycles. The summed E-state index contributed by atoms with van der Waals surface area (Å²) < 4.78 is 39.3. The molecule has 0 bridgehead atoms. The van der Waals surface area contributed by atoms with Gasteiger partial charge in [-0.05, 0) is 31.0 Å². The van der Waals surface area contributed by atoms with Gasteiger partial charge in [-0.2, -0.15) is 8.42 Å². The van der Waals surface area contributed by atoms with Crippen LogP contribution in [0.1, 0.15) is 36.5 Å². The van der Waals surface area contributed by atoms with Gasteiger partial charge in [-0.1, -0.05) is 13.0 Å². The maximum atomic E-state index is 12.6. The van der Waals surface area contributed by atoms with Crippen LogP contribution in [-0.4, -0.2) is 39.2 Å². The predicted molar refractivity (Wildman–Crippen MR) is 96.3 cm³/mol. The number of ether oxygens (including phenoxy) is 1. The molecule has 1 aromatic carbocycles. The molecule has 0 radical (unpaired) electrons. The number of hydrogen-bond acceptors (Lipinski definition) is 6. The highest BCUT2D eigenvalue weighted by molar-refractivity contribution is 7.85. The Balaban J connectivity index is 1.99. The summed E-state index contributed by atoms with van der Waals surface area (Å²) in [6.45, 7) is 4.24. The molecule has 142 valence electrons. The largest absolute Gasteiger partial charge is 0.368 e. The normalized spacial score (nSPS) is 16.8. The van der Waals surface area contributed by atoms with E-state index in [0.29, 0.717) is 41.2 Å². The van der Waals surface area contributed by atoms with Crippen LogP contribution in [-0.2, 0) is 21.3 Å². The summed E-state index contributed by atoms with van der Waals surface area (Å²) in [5.41, 5.74) is 1.65. The molecule has 0 amide bonds. The first-order chi connectivity index (χ1) is 12.8. The van der Waals surface area contributed by atoms with E-state index < -0.39 is 10.1 Å². The van der Waals surface area contributed by atoms with Gasteiger partial charge < -0.3 is 9.72 Å². The van der Waals surface area contributed by atoms with E-state index in [4.69, 9.17) is 4.74 Å². The zero-order valence-corrected chi connectivity index (χ0v) is 15.6. The third kappa shape index (κ3) is 3.15. The van der Waals surface area contributed by atoms with E-state index >= 15 is 0 Å². The van der Waals surface area contributed by atoms with Crippen molar-refractivity contribution >= 4 is 15.6 Å². The third-order valence-corrected chi connectivity index (χ3v) is 5.32. The van der Waals surface area contributed by atoms with Crippen molar-refractivity contribution in [2.45, 2.75) is 37.7 Å². The van der Waals surface area contributed by atoms with Crippen LogP contribution in [0.3, 0.4) is 0 Å². The van der Waals surface area contributed by atoms with Gasteiger partial charge in [-0.3, -0.25) is 9.35 Å². The lowest BCUT2D eigenvalue weighted by atomic mass is 10.0. The summed E-state index contributed by atoms with van der Waals surface area (Å²) in [5, 5.41) is 4.51. The van der Waals surface area contributed by atoms with Gasteiger partial charge in [0.2, 0.25) is 0 Å². The lowest BCUT2D eigenvalue weighted by Crippen LogP contribution is -2.16. The van der Waals surface area contributed by atoms with Crippen LogP contribution in [0.25, 0.3) is 16.9 Å². The lowest BCUT2D eigenvalue weighted by molar-refractivity contribution is 0.416. The Hall–Kier alpha value is -2.56. The molecule has 1 aliphatic rings. The SMILES string of the molecule is CCCc1nc(C)c2c(=O)[nH]c(-c3cc(S(=O)(=O)O)ccc3C3CO3)nn12. The van der Waals surface area contributed by atoms with E-state index in [1.807, 2.05) is 6.92 Å². The van der Waals surface area contributed by atoms with Crippen LogP contribution in [0.2, 0.25) is 0 Å². The van der Waals surface area contributed by atoms with E-state index in [2.05, 4.69) is 15.1 Å². The fourth-order valence-corrected chi connectivity index (χ4v) is 3.66. The topological polar surface area (TPSA) is 130 Å². The number of imidazole rings is 1. The summed E-state index contributed by atoms with van der Waals surface area (Å²) in [6.07, 6.45) is 1.28. The number of nitrogens with zero attached hydrogens (tertiary/aromatic N) is 3. The summed E-state index contributed by atoms with van der Waals surface area (Å²) in [6, 6.07) is 4.16. The number of H-pyrrole nitrogens is 1. The van der Waals surface area contributed by atoms with E-state index in [9.17, 15) is 17.8 Å². The quantitative estimate of drug-likeness (QED) is 0.500. The van der Waals surface area contributed by atoms with Gasteiger partial charge in [0.15, 0.2) is 11.3 Å². The predicted octanol–water partition coefficient (Wildman–Crippen LogP) is 1.66. The minimum Gasteiger partial charge on any atom is -0.368 e. The molecule has 0 saturated carbocycles. The Morgan fingerprint density at radius 3 is 2.78 bits per heavy atom. The van der Waals surface area contributed by atoms with E-state index in [1.165, 1.54) is 16.6 Å². The van der Waals surface area contributed by atoms with Gasteiger partial charge in [-0.25, -0.2) is 9.50 Å². The van der Waals surface area contributed by atoms with Crippen molar-refractivity contribution in [2.75, 3.05) is 6.61 Å². The summed E-state index contributed by atoms with van der Waals surface area (Å²) in [7, 11) is -4.40. The molecular weight excluding hydrogens is 372 g/mol. The smallest absolute Gasteiger partial charge is 0.294 e. The molecule has 1 aliphatic heterocycles. The number of aromatic nitrogens is 4. The number of fused-ring (bicyclic) bond motifs is 1. The Bertz CT molecular complexity index is 1210. The van der Waals surface area contributed by atoms with Crippen molar-refractivity contribution in [1.82, 2.24) is 19.6 Å². The summed E-state index contributed by atoms with van der Waals surface area (Å²) in [4.78, 5) is 19.5. The zero-order chi connectivity index (χ0) is 19.3. The molecule has 4 rings (SSSR count). The number of nitrogens with one attached hydrogen (secondary N) is 1. The van der Waals surface area contributed by atoms with E-state index in [-0.39, 0.29) is 22.4 Å². The van der Waals surface area contributed by atoms with Crippen molar-refractivity contribution in [3.63, 3.8) is 0 Å². The minimum atomic E-state index is -4.40. The molecule has 1 atom stereocenters. The van der Waals surface area contributed by atoms with Gasteiger partial charge in [-0.15, -0.1) is 5.10 Å². The van der Waals surface area contributed by atoms with Gasteiger partial charge in [0.05, 0.1) is 17.2 Å². The minimum absolute atomic E-state index is 0.193. The number of aromatic amines is 1. The molecule has 9 nitrogen and oxygen atoms in total. The molecule has 1 saturated heterocycles. The Morgan fingerprint density at radius 2 is 2.15 bits per heavy atom. The van der Waals surface area contributed by atoms with Gasteiger partial charge in [0.1, 0.15) is 11.9 Å². The first kappa shape index (κ1) is 17.8. The average Bonchev–Trinajstić information content (AvgIpc) is 3.39. The Morgan fingerprint density at radius 1 is 1.41 bits per heavy atom. The second-order valence-corrected chi connectivity index (χ2v) is 7.89. The van der Waals surface area contributed by atoms with Crippen LogP contribution in [0, 0.1) is 6.92 Å². The second-order valence-electron chi connectivity index (χ2n) is 6.47. The van der Waals surface area contributed by atoms with Crippen LogP contribution in [0.5, 0.6) is 0 Å². The molecule has 1 fully saturated rings. The number of rotatable bonds is 5. The molecule has 27 heavy (non-hydrogen) atoms. The van der Waals surface area contributed by atoms with Crippen LogP contribution in [0.15, 0.2) is 27.9 Å². The van der Waals surface area contributed by atoms with Gasteiger partial charge >= 0.3 is 0 Å². The maximum Gasteiger partial charge on any atom is 0.294 e. The molecule has 2 N–H and O–H groups in total. The maximum absolute atomic E-state index is 12.6. The molecule has 1 unspecified atom stereocenters. The van der Waals surface area contributed by atoms with Crippen molar-refractivity contribution < 1.29 is 17.7 Å². The van der Waals surface area contributed by atoms with Crippen molar-refractivity contribution in [3.8, 4) is 11.4 Å². The number of benzene rings is 1. The van der Waals surface area contributed by atoms with E-state index in [1.54, 1.807) is 13.0 Å². The fraction of sp³-hybridized carbons (Fsp3) is 0.353. The first-order valence-corrected chi connectivity index (χ1v) is 9.95. The fourth-order valence-electron chi connectivity index (χ4n) is 3.15. The van der Waals surface area contributed by atoms with E-state index in [0.717, 1.165) is 6.42 Å². The Kier molecular flexibility index (Phi) is 4.13. The third-order valence-electron chi connectivity index (χ3n) is 4.47. The number of hydrogen-bond donors (Lipinski definition) is 2. The molecular formula is C17H18N4O5S. The summed E-state index contributed by atoms with van der Waals surface area (Å²) in [5.74, 6) is 0.853. The zero-order valence-electron chi connectivity index (χ0n) is 14.8. The second kappa shape index (κ2) is 6.25. The molecule has 2 aromatic heterocycles. The standard InChI is InChI=1S/C17H18N4O5S/c1-3-4-14-18-9(2)15-17(22)19-16(20-21(14)15)12-7-10(27(23,24)25)5-6-11(12)13-8-26-13/h5-7,13H,3-4,8H2,1-2H3,(H,19,20,22)(H,23,24,25). The van der Waals surface area contributed by atoms with Crippen LogP contribution >= 0.6 is 0 Å². The first-order valence-electron chi connectivity index (χ1n) is 8.51. The number of aryl methyl sites for hydroxylation is 2. The van der Waals surface area contributed by atoms with Gasteiger partial charge in [0, 0.05) is 12.0 Å². The highest BCUT2D eigenvalue weighted by atomic mass is 32.2. The molecule has 3 heterocycles. The highest BCUT2D eigenvalue weighted by Gasteiger charge is 2.30. The van der Waals surface area contributed by atoms with Gasteiger partial charge in [0.25, 0.3) is 15.7 Å². The lowest BCUT2D eigenvalue weighted by Gasteiger charge is -2.09.